The van der Waals surface area contributed by atoms with E-state index in [2.05, 4.69) is 176 Å². The van der Waals surface area contributed by atoms with Gasteiger partial charge in [-0.2, -0.15) is 10.5 Å². The van der Waals surface area contributed by atoms with Gasteiger partial charge in [0.25, 0.3) is 0 Å². The summed E-state index contributed by atoms with van der Waals surface area (Å²) in [6.45, 7) is 0. The number of nitriles is 2. The number of fused-ring (bicyclic) bond motifs is 16. The standard InChI is InChI=1S/C66H36N8O/c67-37-50-60(71-52-23-8-1-16-40(52)41-17-2-9-24-53(41)71)61(72-54-25-10-3-18-42(54)43-19-4-11-26-55(43)72)51(38-68)63(62(50)73-56-27-12-5-20-44(56)45-21-6-13-28-57(45)73)74-58-36-39(66-69-34-15-35-70-66)30-31-46(58)48-32-33-49-47-22-7-14-29-59(47)75-65(49)64(48)74/h1-36H. The average molecular weight is 957 g/mol. The first-order valence-electron chi connectivity index (χ1n) is 24.9. The molecule has 0 saturated heterocycles. The Labute approximate surface area is 426 Å². The van der Waals surface area contributed by atoms with Gasteiger partial charge in [0, 0.05) is 71.8 Å². The predicted octanol–water partition coefficient (Wildman–Crippen LogP) is 16.2. The number of furan rings is 1. The number of benzene rings is 10. The molecule has 10 aromatic carbocycles. The van der Waals surface area contributed by atoms with E-state index in [0.29, 0.717) is 45.3 Å². The molecule has 6 heterocycles. The summed E-state index contributed by atoms with van der Waals surface area (Å²) in [5, 5.41) is 35.3. The summed E-state index contributed by atoms with van der Waals surface area (Å²) in [7, 11) is 0. The molecule has 0 N–H and O–H groups in total. The molecule has 0 spiro atoms. The fourth-order valence-electron chi connectivity index (χ4n) is 12.4. The molecule has 0 aliphatic carbocycles. The maximum absolute atomic E-state index is 12.8. The summed E-state index contributed by atoms with van der Waals surface area (Å²) in [5.41, 5.74) is 12.0. The van der Waals surface area contributed by atoms with E-state index < -0.39 is 0 Å². The minimum absolute atomic E-state index is 0.350. The van der Waals surface area contributed by atoms with Crippen LogP contribution in [0.25, 0.3) is 143 Å². The van der Waals surface area contributed by atoms with Gasteiger partial charge in [0.05, 0.1) is 66.9 Å². The molecular weight excluding hydrogens is 921 g/mol. The van der Waals surface area contributed by atoms with Gasteiger partial charge in [-0.25, -0.2) is 9.97 Å². The smallest absolute Gasteiger partial charge is 0.160 e. The van der Waals surface area contributed by atoms with Gasteiger partial charge in [0.1, 0.15) is 28.8 Å². The Morgan fingerprint density at radius 1 is 0.333 bits per heavy atom. The molecular formula is C66H36N8O. The van der Waals surface area contributed by atoms with Crippen LogP contribution in [0.5, 0.6) is 0 Å². The average Bonchev–Trinajstić information content (AvgIpc) is 4.37. The molecule has 6 aromatic heterocycles. The van der Waals surface area contributed by atoms with Crippen LogP contribution in [0.3, 0.4) is 0 Å². The Bertz CT molecular complexity index is 5070. The molecule has 0 aliphatic heterocycles. The summed E-state index contributed by atoms with van der Waals surface area (Å²) in [5.74, 6) is 0.554. The zero-order chi connectivity index (χ0) is 49.5. The summed E-state index contributed by atoms with van der Waals surface area (Å²) < 4.78 is 15.9. The molecule has 75 heavy (non-hydrogen) atoms. The molecule has 9 nitrogen and oxygen atoms in total. The molecule has 0 radical (unpaired) electrons. The highest BCUT2D eigenvalue weighted by atomic mass is 16.3. The number of rotatable bonds is 5. The van der Waals surface area contributed by atoms with Gasteiger partial charge in [-0.3, -0.25) is 0 Å². The van der Waals surface area contributed by atoms with Crippen molar-refractivity contribution in [1.82, 2.24) is 28.2 Å². The minimum atomic E-state index is 0.350. The molecule has 9 heteroatoms. The van der Waals surface area contributed by atoms with E-state index >= 15 is 0 Å². The maximum Gasteiger partial charge on any atom is 0.160 e. The Kier molecular flexibility index (Phi) is 8.40. The summed E-state index contributed by atoms with van der Waals surface area (Å²) in [4.78, 5) is 9.46. The van der Waals surface area contributed by atoms with Crippen LogP contribution in [0.15, 0.2) is 223 Å². The lowest BCUT2D eigenvalue weighted by Crippen LogP contribution is -2.16. The third kappa shape index (κ3) is 5.47. The number of nitrogens with zero attached hydrogens (tertiary/aromatic N) is 8. The topological polar surface area (TPSA) is 106 Å². The van der Waals surface area contributed by atoms with E-state index in [-0.39, 0.29) is 0 Å². The molecule has 346 valence electrons. The SMILES string of the molecule is N#Cc1c(-n2c3ccccc3c3ccccc32)c(-n2c3ccccc3c3ccccc32)c(C#N)c(-n2c3cc(-c4ncccn4)ccc3c3ccc4c5ccccc5oc4c32)c1-n1c2ccccc2c2ccccc21. The van der Waals surface area contributed by atoms with Crippen LogP contribution in [-0.2, 0) is 0 Å². The fourth-order valence-corrected chi connectivity index (χ4v) is 12.4. The highest BCUT2D eigenvalue weighted by Crippen LogP contribution is 2.50. The Morgan fingerprint density at radius 3 is 1.13 bits per heavy atom. The largest absolute Gasteiger partial charge is 0.454 e. The molecule has 16 rings (SSSR count). The van der Waals surface area contributed by atoms with Crippen LogP contribution in [0.1, 0.15) is 11.1 Å². The quantitative estimate of drug-likeness (QED) is 0.171. The van der Waals surface area contributed by atoms with Crippen molar-refractivity contribution in [3.8, 4) is 46.3 Å². The second-order valence-corrected chi connectivity index (χ2v) is 19.1. The van der Waals surface area contributed by atoms with Crippen LogP contribution < -0.4 is 0 Å². The Hall–Kier alpha value is -10.7. The van der Waals surface area contributed by atoms with Gasteiger partial charge < -0.3 is 22.7 Å². The van der Waals surface area contributed by atoms with E-state index in [4.69, 9.17) is 14.4 Å². The van der Waals surface area contributed by atoms with Gasteiger partial charge >= 0.3 is 0 Å². The van der Waals surface area contributed by atoms with E-state index in [1.807, 2.05) is 60.7 Å². The first-order chi connectivity index (χ1) is 37.2. The minimum Gasteiger partial charge on any atom is -0.454 e. The lowest BCUT2D eigenvalue weighted by atomic mass is 9.98. The maximum atomic E-state index is 12.8. The highest BCUT2D eigenvalue weighted by Gasteiger charge is 2.35. The first-order valence-corrected chi connectivity index (χ1v) is 24.9. The molecule has 0 saturated carbocycles. The van der Waals surface area contributed by atoms with Crippen molar-refractivity contribution in [3.63, 3.8) is 0 Å². The van der Waals surface area contributed by atoms with Gasteiger partial charge in [-0.15, -0.1) is 0 Å². The Morgan fingerprint density at radius 2 is 0.693 bits per heavy atom. The van der Waals surface area contributed by atoms with Crippen LogP contribution in [0.2, 0.25) is 0 Å². The van der Waals surface area contributed by atoms with E-state index in [1.54, 1.807) is 12.4 Å². The van der Waals surface area contributed by atoms with Crippen molar-refractivity contribution in [3.05, 3.63) is 230 Å². The number of para-hydroxylation sites is 7. The van der Waals surface area contributed by atoms with Gasteiger partial charge in [-0.1, -0.05) is 146 Å². The van der Waals surface area contributed by atoms with Crippen molar-refractivity contribution < 1.29 is 4.42 Å². The van der Waals surface area contributed by atoms with Crippen LogP contribution in [0.4, 0.5) is 0 Å². The zero-order valence-corrected chi connectivity index (χ0v) is 39.8. The fraction of sp³-hybridized carbons (Fsp3) is 0. The second kappa shape index (κ2) is 15.4. The first kappa shape index (κ1) is 40.9. The summed E-state index contributed by atoms with van der Waals surface area (Å²) in [6, 6.07) is 76.4. The third-order valence-electron chi connectivity index (χ3n) is 15.4. The molecule has 0 fully saturated rings. The normalized spacial score (nSPS) is 12.0. The van der Waals surface area contributed by atoms with Gasteiger partial charge in [0.15, 0.2) is 11.4 Å². The summed E-state index contributed by atoms with van der Waals surface area (Å²) in [6.07, 6.45) is 3.50. The molecule has 0 unspecified atom stereocenters. The monoisotopic (exact) mass is 956 g/mol. The van der Waals surface area contributed by atoms with Crippen LogP contribution in [0, 0.1) is 22.7 Å². The zero-order valence-electron chi connectivity index (χ0n) is 39.8. The molecule has 16 aromatic rings. The van der Waals surface area contributed by atoms with Crippen LogP contribution >= 0.6 is 0 Å². The predicted molar refractivity (Wildman–Crippen MR) is 302 cm³/mol. The highest BCUT2D eigenvalue weighted by molar-refractivity contribution is 6.23. The number of hydrogen-bond acceptors (Lipinski definition) is 5. The van der Waals surface area contributed by atoms with Crippen LogP contribution in [-0.4, -0.2) is 28.2 Å². The second-order valence-electron chi connectivity index (χ2n) is 19.1. The Balaban J connectivity index is 1.24. The van der Waals surface area contributed by atoms with Crippen molar-refractivity contribution in [2.75, 3.05) is 0 Å². The molecule has 0 atom stereocenters. The third-order valence-corrected chi connectivity index (χ3v) is 15.4. The van der Waals surface area contributed by atoms with Crippen molar-refractivity contribution in [2.45, 2.75) is 0 Å². The molecule has 0 bridgehead atoms. The van der Waals surface area contributed by atoms with Crippen molar-refractivity contribution in [1.29, 1.82) is 10.5 Å². The molecule has 0 amide bonds. The lowest BCUT2D eigenvalue weighted by molar-refractivity contribution is 0.671. The van der Waals surface area contributed by atoms with Crippen molar-refractivity contribution in [2.24, 2.45) is 0 Å². The van der Waals surface area contributed by atoms with E-state index in [9.17, 15) is 10.5 Å². The molecule has 0 aliphatic rings. The van der Waals surface area contributed by atoms with E-state index in [0.717, 1.165) is 109 Å². The number of aromatic nitrogens is 6. The lowest BCUT2D eigenvalue weighted by Gasteiger charge is -2.27. The number of hydrogen-bond donors (Lipinski definition) is 0. The van der Waals surface area contributed by atoms with Crippen molar-refractivity contribution >= 4 is 109 Å². The van der Waals surface area contributed by atoms with Gasteiger partial charge in [0.2, 0.25) is 0 Å². The summed E-state index contributed by atoms with van der Waals surface area (Å²) >= 11 is 0. The van der Waals surface area contributed by atoms with E-state index in [1.165, 1.54) is 0 Å². The van der Waals surface area contributed by atoms with Gasteiger partial charge in [-0.05, 0) is 60.7 Å².